The van der Waals surface area contributed by atoms with Gasteiger partial charge in [0.1, 0.15) is 11.0 Å². The van der Waals surface area contributed by atoms with Gasteiger partial charge < -0.3 is 5.11 Å². The van der Waals surface area contributed by atoms with E-state index in [4.69, 9.17) is 0 Å². The molecule has 6 heteroatoms. The van der Waals surface area contributed by atoms with Gasteiger partial charge in [0.25, 0.3) is 0 Å². The topological polar surface area (TPSA) is 68.0 Å². The first kappa shape index (κ1) is 13.8. The standard InChI is InChI=1S/C15H12BrN3O2/c1-9(10-4-2-5-11(16)8-10)19-14-12(15(20)21)6-3-7-13(14)17-18-19/h2-9H,1H3,(H,20,21). The third-order valence-electron chi connectivity index (χ3n) is 3.42. The molecule has 1 unspecified atom stereocenters. The molecule has 0 saturated carbocycles. The van der Waals surface area contributed by atoms with Crippen molar-refractivity contribution in [1.82, 2.24) is 15.0 Å². The van der Waals surface area contributed by atoms with Crippen LogP contribution in [0.5, 0.6) is 0 Å². The first-order chi connectivity index (χ1) is 10.1. The lowest BCUT2D eigenvalue weighted by molar-refractivity contribution is 0.0698. The molecule has 0 bridgehead atoms. The lowest BCUT2D eigenvalue weighted by Gasteiger charge is -2.14. The van der Waals surface area contributed by atoms with Crippen LogP contribution in [0, 0.1) is 0 Å². The van der Waals surface area contributed by atoms with E-state index in [1.54, 1.807) is 22.9 Å². The van der Waals surface area contributed by atoms with Gasteiger partial charge in [-0.2, -0.15) is 0 Å². The zero-order chi connectivity index (χ0) is 15.0. The molecule has 0 aliphatic rings. The summed E-state index contributed by atoms with van der Waals surface area (Å²) in [7, 11) is 0. The normalized spacial score (nSPS) is 12.5. The van der Waals surface area contributed by atoms with Gasteiger partial charge in [-0.3, -0.25) is 0 Å². The summed E-state index contributed by atoms with van der Waals surface area (Å²) in [6.45, 7) is 1.97. The maximum Gasteiger partial charge on any atom is 0.337 e. The summed E-state index contributed by atoms with van der Waals surface area (Å²) in [5.41, 5.74) is 2.35. The fourth-order valence-corrected chi connectivity index (χ4v) is 2.76. The summed E-state index contributed by atoms with van der Waals surface area (Å²) in [6.07, 6.45) is 0. The first-order valence-corrected chi connectivity index (χ1v) is 7.20. The molecule has 1 atom stereocenters. The van der Waals surface area contributed by atoms with Crippen molar-refractivity contribution in [1.29, 1.82) is 0 Å². The highest BCUT2D eigenvalue weighted by Crippen LogP contribution is 2.26. The van der Waals surface area contributed by atoms with Crippen molar-refractivity contribution in [3.63, 3.8) is 0 Å². The summed E-state index contributed by atoms with van der Waals surface area (Å²) in [5, 5.41) is 17.5. The zero-order valence-corrected chi connectivity index (χ0v) is 12.8. The lowest BCUT2D eigenvalue weighted by Crippen LogP contribution is -2.11. The van der Waals surface area contributed by atoms with E-state index in [1.807, 2.05) is 31.2 Å². The van der Waals surface area contributed by atoms with Crippen molar-refractivity contribution in [3.05, 3.63) is 58.1 Å². The second kappa shape index (κ2) is 5.29. The van der Waals surface area contributed by atoms with E-state index in [2.05, 4.69) is 26.2 Å². The number of aromatic nitrogens is 3. The average molecular weight is 346 g/mol. The van der Waals surface area contributed by atoms with E-state index >= 15 is 0 Å². The summed E-state index contributed by atoms with van der Waals surface area (Å²) >= 11 is 3.44. The molecule has 2 aromatic carbocycles. The highest BCUT2D eigenvalue weighted by atomic mass is 79.9. The van der Waals surface area contributed by atoms with Crippen molar-refractivity contribution < 1.29 is 9.90 Å². The number of halogens is 1. The number of carbonyl (C=O) groups is 1. The summed E-state index contributed by atoms with van der Waals surface area (Å²) < 4.78 is 2.62. The van der Waals surface area contributed by atoms with Crippen molar-refractivity contribution in [3.8, 4) is 0 Å². The number of fused-ring (bicyclic) bond motifs is 1. The summed E-state index contributed by atoms with van der Waals surface area (Å²) in [5.74, 6) is -0.981. The van der Waals surface area contributed by atoms with Gasteiger partial charge in [0, 0.05) is 4.47 Å². The third kappa shape index (κ3) is 2.42. The SMILES string of the molecule is CC(c1cccc(Br)c1)n1nnc2cccc(C(=O)O)c21. The van der Waals surface area contributed by atoms with Crippen molar-refractivity contribution in [2.24, 2.45) is 0 Å². The van der Waals surface area contributed by atoms with Crippen LogP contribution in [0.3, 0.4) is 0 Å². The zero-order valence-electron chi connectivity index (χ0n) is 11.2. The Morgan fingerprint density at radius 3 is 2.76 bits per heavy atom. The van der Waals surface area contributed by atoms with Crippen molar-refractivity contribution >= 4 is 32.9 Å². The molecular formula is C15H12BrN3O2. The van der Waals surface area contributed by atoms with Gasteiger partial charge in [0.15, 0.2) is 0 Å². The Labute approximate surface area is 129 Å². The van der Waals surface area contributed by atoms with Crippen LogP contribution >= 0.6 is 15.9 Å². The van der Waals surface area contributed by atoms with Crippen LogP contribution in [0.4, 0.5) is 0 Å². The molecule has 106 valence electrons. The maximum absolute atomic E-state index is 11.4. The number of aromatic carboxylic acids is 1. The Balaban J connectivity index is 2.18. The van der Waals surface area contributed by atoms with Crippen LogP contribution in [0.15, 0.2) is 46.9 Å². The Bertz CT molecular complexity index is 829. The van der Waals surface area contributed by atoms with Gasteiger partial charge in [-0.15, -0.1) is 5.10 Å². The molecule has 1 heterocycles. The minimum absolute atomic E-state index is 0.118. The molecule has 0 radical (unpaired) electrons. The van der Waals surface area contributed by atoms with Gasteiger partial charge in [0.05, 0.1) is 11.6 Å². The minimum Gasteiger partial charge on any atom is -0.478 e. The molecule has 5 nitrogen and oxygen atoms in total. The molecular weight excluding hydrogens is 334 g/mol. The van der Waals surface area contributed by atoms with E-state index in [9.17, 15) is 9.90 Å². The van der Waals surface area contributed by atoms with Crippen LogP contribution in [0.25, 0.3) is 11.0 Å². The van der Waals surface area contributed by atoms with Crippen LogP contribution in [-0.4, -0.2) is 26.1 Å². The molecule has 1 aromatic heterocycles. The van der Waals surface area contributed by atoms with Crippen LogP contribution in [0.1, 0.15) is 28.9 Å². The minimum atomic E-state index is -0.981. The quantitative estimate of drug-likeness (QED) is 0.788. The molecule has 0 aliphatic carbocycles. The molecule has 1 N–H and O–H groups in total. The van der Waals surface area contributed by atoms with Gasteiger partial charge in [-0.1, -0.05) is 39.3 Å². The predicted octanol–water partition coefficient (Wildman–Crippen LogP) is 3.50. The number of para-hydroxylation sites is 1. The molecule has 0 saturated heterocycles. The van der Waals surface area contributed by atoms with E-state index in [0.29, 0.717) is 11.0 Å². The van der Waals surface area contributed by atoms with Crippen LogP contribution in [0.2, 0.25) is 0 Å². The smallest absolute Gasteiger partial charge is 0.337 e. The van der Waals surface area contributed by atoms with E-state index in [-0.39, 0.29) is 11.6 Å². The summed E-state index contributed by atoms with van der Waals surface area (Å²) in [6, 6.07) is 12.7. The first-order valence-electron chi connectivity index (χ1n) is 6.40. The molecule has 3 rings (SSSR count). The second-order valence-corrected chi connectivity index (χ2v) is 5.66. The predicted molar refractivity (Wildman–Crippen MR) is 82.4 cm³/mol. The Kier molecular flexibility index (Phi) is 3.47. The van der Waals surface area contributed by atoms with Gasteiger partial charge >= 0.3 is 5.97 Å². The number of hydrogen-bond donors (Lipinski definition) is 1. The molecule has 0 spiro atoms. The summed E-state index contributed by atoms with van der Waals surface area (Å²) in [4.78, 5) is 11.4. The third-order valence-corrected chi connectivity index (χ3v) is 3.91. The van der Waals surface area contributed by atoms with Gasteiger partial charge in [-0.25, -0.2) is 9.48 Å². The van der Waals surface area contributed by atoms with Gasteiger partial charge in [-0.05, 0) is 36.8 Å². The fourth-order valence-electron chi connectivity index (χ4n) is 2.35. The molecule has 3 aromatic rings. The van der Waals surface area contributed by atoms with E-state index < -0.39 is 5.97 Å². The fraction of sp³-hybridized carbons (Fsp3) is 0.133. The second-order valence-electron chi connectivity index (χ2n) is 4.74. The Morgan fingerprint density at radius 1 is 1.29 bits per heavy atom. The largest absolute Gasteiger partial charge is 0.478 e. The van der Waals surface area contributed by atoms with Crippen molar-refractivity contribution in [2.45, 2.75) is 13.0 Å². The number of benzene rings is 2. The van der Waals surface area contributed by atoms with Crippen molar-refractivity contribution in [2.75, 3.05) is 0 Å². The number of carboxylic acids is 1. The molecule has 21 heavy (non-hydrogen) atoms. The number of rotatable bonds is 3. The maximum atomic E-state index is 11.4. The number of hydrogen-bond acceptors (Lipinski definition) is 3. The number of carboxylic acid groups (broad SMARTS) is 1. The highest BCUT2D eigenvalue weighted by molar-refractivity contribution is 9.10. The van der Waals surface area contributed by atoms with Crippen LogP contribution in [-0.2, 0) is 0 Å². The van der Waals surface area contributed by atoms with E-state index in [1.165, 1.54) is 0 Å². The van der Waals surface area contributed by atoms with Crippen LogP contribution < -0.4 is 0 Å². The number of nitrogens with zero attached hydrogens (tertiary/aromatic N) is 3. The average Bonchev–Trinajstić information content (AvgIpc) is 2.90. The monoisotopic (exact) mass is 345 g/mol. The lowest BCUT2D eigenvalue weighted by atomic mass is 10.1. The molecule has 0 fully saturated rings. The molecule has 0 aliphatic heterocycles. The molecule has 0 amide bonds. The Hall–Kier alpha value is -2.21. The Morgan fingerprint density at radius 2 is 2.05 bits per heavy atom. The highest BCUT2D eigenvalue weighted by Gasteiger charge is 2.19. The van der Waals surface area contributed by atoms with Gasteiger partial charge in [0.2, 0.25) is 0 Å². The van der Waals surface area contributed by atoms with E-state index in [0.717, 1.165) is 10.0 Å².